The standard InChI is InChI=1S/C23H22BrNO3/c1-2-28-18-8-6-14(7-9-18)16-11-20-23(21(26)12-16)19(13-22(27)25-20)15-4-3-5-17(24)10-15/h3-10,16,19H,2,11-13H2,1H3,(H,25,27). The van der Waals surface area contributed by atoms with E-state index < -0.39 is 0 Å². The van der Waals surface area contributed by atoms with Crippen molar-refractivity contribution in [2.24, 2.45) is 0 Å². The summed E-state index contributed by atoms with van der Waals surface area (Å²) in [6.45, 7) is 2.58. The van der Waals surface area contributed by atoms with Gasteiger partial charge in [-0.3, -0.25) is 9.59 Å². The summed E-state index contributed by atoms with van der Waals surface area (Å²) in [5, 5.41) is 2.98. The van der Waals surface area contributed by atoms with Crippen LogP contribution in [0.2, 0.25) is 0 Å². The lowest BCUT2D eigenvalue weighted by Gasteiger charge is -2.34. The summed E-state index contributed by atoms with van der Waals surface area (Å²) in [5.41, 5.74) is 3.67. The van der Waals surface area contributed by atoms with E-state index in [9.17, 15) is 9.59 Å². The molecule has 5 heteroatoms. The third-order valence-electron chi connectivity index (χ3n) is 5.45. The highest BCUT2D eigenvalue weighted by Crippen LogP contribution is 2.43. The van der Waals surface area contributed by atoms with Crippen LogP contribution in [-0.2, 0) is 9.59 Å². The summed E-state index contributed by atoms with van der Waals surface area (Å²) in [7, 11) is 0. The molecule has 1 amide bonds. The fourth-order valence-corrected chi connectivity index (χ4v) is 4.62. The zero-order chi connectivity index (χ0) is 19.7. The van der Waals surface area contributed by atoms with Gasteiger partial charge in [-0.2, -0.15) is 0 Å². The Kier molecular flexibility index (Phi) is 5.36. The smallest absolute Gasteiger partial charge is 0.225 e. The average molecular weight is 440 g/mol. The van der Waals surface area contributed by atoms with Gasteiger partial charge in [-0.05, 0) is 54.7 Å². The maximum atomic E-state index is 13.1. The number of amides is 1. The number of halogens is 1. The molecule has 0 saturated carbocycles. The van der Waals surface area contributed by atoms with E-state index in [1.165, 1.54) is 0 Å². The van der Waals surface area contributed by atoms with E-state index in [0.717, 1.165) is 32.6 Å². The molecule has 4 rings (SSSR count). The predicted molar refractivity (Wildman–Crippen MR) is 111 cm³/mol. The molecule has 2 atom stereocenters. The fraction of sp³-hybridized carbons (Fsp3) is 0.304. The maximum Gasteiger partial charge on any atom is 0.225 e. The Morgan fingerprint density at radius 2 is 1.82 bits per heavy atom. The first-order valence-electron chi connectivity index (χ1n) is 9.59. The second kappa shape index (κ2) is 7.92. The van der Waals surface area contributed by atoms with Gasteiger partial charge in [0.15, 0.2) is 5.78 Å². The van der Waals surface area contributed by atoms with E-state index in [2.05, 4.69) is 21.2 Å². The van der Waals surface area contributed by atoms with Crippen molar-refractivity contribution in [1.29, 1.82) is 0 Å². The minimum atomic E-state index is -0.171. The van der Waals surface area contributed by atoms with Crippen LogP contribution >= 0.6 is 15.9 Å². The summed E-state index contributed by atoms with van der Waals surface area (Å²) >= 11 is 3.49. The normalized spacial score (nSPS) is 21.9. The molecule has 0 radical (unpaired) electrons. The first kappa shape index (κ1) is 18.9. The largest absolute Gasteiger partial charge is 0.494 e. The predicted octanol–water partition coefficient (Wildman–Crippen LogP) is 4.85. The van der Waals surface area contributed by atoms with Crippen LogP contribution in [0.1, 0.15) is 49.1 Å². The number of hydrogen-bond donors (Lipinski definition) is 1. The molecule has 144 valence electrons. The highest BCUT2D eigenvalue weighted by atomic mass is 79.9. The molecule has 4 nitrogen and oxygen atoms in total. The molecule has 0 aromatic heterocycles. The molecular weight excluding hydrogens is 418 g/mol. The van der Waals surface area contributed by atoms with Crippen LogP contribution in [0.5, 0.6) is 5.75 Å². The lowest BCUT2D eigenvalue weighted by atomic mass is 9.73. The van der Waals surface area contributed by atoms with Gasteiger partial charge in [0.1, 0.15) is 5.75 Å². The first-order chi connectivity index (χ1) is 13.5. The van der Waals surface area contributed by atoms with Gasteiger partial charge < -0.3 is 10.1 Å². The SMILES string of the molecule is CCOc1ccc(C2CC(=O)C3=C(C2)NC(=O)CC3c2cccc(Br)c2)cc1. The van der Waals surface area contributed by atoms with E-state index >= 15 is 0 Å². The van der Waals surface area contributed by atoms with Crippen molar-refractivity contribution in [2.75, 3.05) is 6.61 Å². The summed E-state index contributed by atoms with van der Waals surface area (Å²) < 4.78 is 6.46. The molecule has 2 aromatic rings. The van der Waals surface area contributed by atoms with Gasteiger partial charge in [-0.25, -0.2) is 0 Å². The Hall–Kier alpha value is -2.40. The minimum Gasteiger partial charge on any atom is -0.494 e. The van der Waals surface area contributed by atoms with Crippen molar-refractivity contribution in [2.45, 2.75) is 38.0 Å². The number of allylic oxidation sites excluding steroid dienone is 2. The Morgan fingerprint density at radius 1 is 1.04 bits per heavy atom. The molecule has 0 bridgehead atoms. The van der Waals surface area contributed by atoms with E-state index in [-0.39, 0.29) is 23.5 Å². The minimum absolute atomic E-state index is 0.0242. The van der Waals surface area contributed by atoms with Gasteiger partial charge in [-0.1, -0.05) is 40.2 Å². The molecule has 1 heterocycles. The maximum absolute atomic E-state index is 13.1. The van der Waals surface area contributed by atoms with Gasteiger partial charge in [0.2, 0.25) is 5.91 Å². The summed E-state index contributed by atoms with van der Waals surface area (Å²) in [5.74, 6) is 0.835. The van der Waals surface area contributed by atoms with Crippen molar-refractivity contribution >= 4 is 27.6 Å². The highest BCUT2D eigenvalue weighted by molar-refractivity contribution is 9.10. The third-order valence-corrected chi connectivity index (χ3v) is 5.94. The zero-order valence-electron chi connectivity index (χ0n) is 15.7. The lowest BCUT2D eigenvalue weighted by molar-refractivity contribution is -0.122. The summed E-state index contributed by atoms with van der Waals surface area (Å²) in [6.07, 6.45) is 1.45. The van der Waals surface area contributed by atoms with E-state index in [0.29, 0.717) is 25.9 Å². The zero-order valence-corrected chi connectivity index (χ0v) is 17.3. The van der Waals surface area contributed by atoms with Crippen molar-refractivity contribution in [3.8, 4) is 5.75 Å². The Bertz CT molecular complexity index is 949. The van der Waals surface area contributed by atoms with Crippen LogP contribution < -0.4 is 10.1 Å². The number of ketones is 1. The van der Waals surface area contributed by atoms with Crippen molar-refractivity contribution < 1.29 is 14.3 Å². The molecular formula is C23H22BrNO3. The Balaban J connectivity index is 1.65. The van der Waals surface area contributed by atoms with Crippen molar-refractivity contribution in [3.63, 3.8) is 0 Å². The Labute approximate surface area is 173 Å². The summed E-state index contributed by atoms with van der Waals surface area (Å²) in [4.78, 5) is 25.5. The van der Waals surface area contributed by atoms with Crippen LogP contribution in [0.4, 0.5) is 0 Å². The average Bonchev–Trinajstić information content (AvgIpc) is 2.68. The van der Waals surface area contributed by atoms with Crippen molar-refractivity contribution in [3.05, 3.63) is 75.4 Å². The van der Waals surface area contributed by atoms with Crippen LogP contribution in [0.25, 0.3) is 0 Å². The molecule has 0 spiro atoms. The molecule has 1 N–H and O–H groups in total. The summed E-state index contributed by atoms with van der Waals surface area (Å²) in [6, 6.07) is 15.8. The molecule has 2 unspecified atom stereocenters. The van der Waals surface area contributed by atoms with E-state index in [1.807, 2.05) is 55.5 Å². The number of carbonyl (C=O) groups is 2. The number of carbonyl (C=O) groups excluding carboxylic acids is 2. The molecule has 28 heavy (non-hydrogen) atoms. The van der Waals surface area contributed by atoms with Crippen LogP contribution in [0, 0.1) is 0 Å². The van der Waals surface area contributed by atoms with E-state index in [1.54, 1.807) is 0 Å². The van der Waals surface area contributed by atoms with Gasteiger partial charge in [0, 0.05) is 34.5 Å². The van der Waals surface area contributed by atoms with Crippen LogP contribution in [0.3, 0.4) is 0 Å². The quantitative estimate of drug-likeness (QED) is 0.740. The number of Topliss-reactive ketones (excluding diaryl/α,β-unsaturated/α-hetero) is 1. The topological polar surface area (TPSA) is 55.4 Å². The second-order valence-electron chi connectivity index (χ2n) is 7.28. The molecule has 0 saturated heterocycles. The van der Waals surface area contributed by atoms with Gasteiger partial charge in [0.25, 0.3) is 0 Å². The Morgan fingerprint density at radius 3 is 2.54 bits per heavy atom. The molecule has 2 aromatic carbocycles. The third kappa shape index (κ3) is 3.76. The monoisotopic (exact) mass is 439 g/mol. The fourth-order valence-electron chi connectivity index (χ4n) is 4.21. The number of benzene rings is 2. The number of ether oxygens (including phenoxy) is 1. The van der Waals surface area contributed by atoms with Crippen molar-refractivity contribution in [1.82, 2.24) is 5.32 Å². The van der Waals surface area contributed by atoms with E-state index in [4.69, 9.17) is 4.74 Å². The molecule has 0 fully saturated rings. The first-order valence-corrected chi connectivity index (χ1v) is 10.4. The highest BCUT2D eigenvalue weighted by Gasteiger charge is 2.38. The van der Waals surface area contributed by atoms with Crippen LogP contribution in [-0.4, -0.2) is 18.3 Å². The lowest BCUT2D eigenvalue weighted by Crippen LogP contribution is -2.38. The number of nitrogens with one attached hydrogen (secondary N) is 1. The van der Waals surface area contributed by atoms with Crippen LogP contribution in [0.15, 0.2) is 64.3 Å². The number of hydrogen-bond acceptors (Lipinski definition) is 3. The second-order valence-corrected chi connectivity index (χ2v) is 8.20. The number of rotatable bonds is 4. The van der Waals surface area contributed by atoms with Gasteiger partial charge in [-0.15, -0.1) is 0 Å². The van der Waals surface area contributed by atoms with Gasteiger partial charge in [0.05, 0.1) is 6.61 Å². The van der Waals surface area contributed by atoms with Gasteiger partial charge >= 0.3 is 0 Å². The molecule has 2 aliphatic rings. The molecule has 1 aliphatic carbocycles. The molecule has 1 aliphatic heterocycles.